The van der Waals surface area contributed by atoms with Gasteiger partial charge < -0.3 is 10.6 Å². The van der Waals surface area contributed by atoms with Gasteiger partial charge in [-0.1, -0.05) is 0 Å². The van der Waals surface area contributed by atoms with Crippen LogP contribution in [0.15, 0.2) is 17.3 Å². The fraction of sp³-hybridized carbons (Fsp3) is 0.500. The molecule has 0 saturated heterocycles. The Morgan fingerprint density at radius 3 is 2.92 bits per heavy atom. The molecule has 0 spiro atoms. The standard InChI is InChI=1S/C8H15N5/c1-9-8(10-2)11-6-7-4-5-12-13(7)3/h4-5H,6H2,1-3H3,(H2,9,10,11). The Balaban J connectivity index is 2.48. The molecule has 0 aromatic carbocycles. The van der Waals surface area contributed by atoms with E-state index in [4.69, 9.17) is 0 Å². The van der Waals surface area contributed by atoms with E-state index >= 15 is 0 Å². The summed E-state index contributed by atoms with van der Waals surface area (Å²) in [6.45, 7) is 0.726. The van der Waals surface area contributed by atoms with Crippen LogP contribution in [-0.2, 0) is 13.6 Å². The van der Waals surface area contributed by atoms with Crippen molar-refractivity contribution in [2.45, 2.75) is 6.54 Å². The van der Waals surface area contributed by atoms with Crippen molar-refractivity contribution < 1.29 is 0 Å². The van der Waals surface area contributed by atoms with E-state index in [9.17, 15) is 0 Å². The zero-order valence-corrected chi connectivity index (χ0v) is 8.20. The van der Waals surface area contributed by atoms with Gasteiger partial charge in [0.1, 0.15) is 0 Å². The summed E-state index contributed by atoms with van der Waals surface area (Å²) in [7, 11) is 5.49. The molecule has 0 fully saturated rings. The van der Waals surface area contributed by atoms with Crippen molar-refractivity contribution in [2.75, 3.05) is 14.1 Å². The van der Waals surface area contributed by atoms with Crippen LogP contribution < -0.4 is 10.6 Å². The number of aliphatic imine (C=N–C) groups is 1. The van der Waals surface area contributed by atoms with Crippen molar-refractivity contribution >= 4 is 5.96 Å². The van der Waals surface area contributed by atoms with E-state index in [0.29, 0.717) is 0 Å². The van der Waals surface area contributed by atoms with Crippen LogP contribution in [0.2, 0.25) is 0 Å². The van der Waals surface area contributed by atoms with Crippen LogP contribution >= 0.6 is 0 Å². The number of aromatic nitrogens is 2. The fourth-order valence-electron chi connectivity index (χ4n) is 1.03. The summed E-state index contributed by atoms with van der Waals surface area (Å²) in [4.78, 5) is 4.00. The highest BCUT2D eigenvalue weighted by Crippen LogP contribution is 1.94. The second kappa shape index (κ2) is 4.49. The quantitative estimate of drug-likeness (QED) is 0.487. The number of guanidine groups is 1. The fourth-order valence-corrected chi connectivity index (χ4v) is 1.03. The number of nitrogens with one attached hydrogen (secondary N) is 2. The van der Waals surface area contributed by atoms with Gasteiger partial charge in [-0.15, -0.1) is 0 Å². The Hall–Kier alpha value is -1.52. The molecular formula is C8H15N5. The first-order chi connectivity index (χ1) is 6.27. The Kier molecular flexibility index (Phi) is 3.31. The van der Waals surface area contributed by atoms with E-state index in [2.05, 4.69) is 20.7 Å². The molecule has 1 aromatic rings. The number of nitrogens with zero attached hydrogens (tertiary/aromatic N) is 3. The highest BCUT2D eigenvalue weighted by atomic mass is 15.3. The zero-order chi connectivity index (χ0) is 9.68. The molecule has 0 aliphatic rings. The third kappa shape index (κ3) is 2.47. The molecule has 1 aromatic heterocycles. The molecule has 0 amide bonds. The number of hydrogen-bond donors (Lipinski definition) is 2. The zero-order valence-electron chi connectivity index (χ0n) is 8.20. The molecule has 0 saturated carbocycles. The summed E-state index contributed by atoms with van der Waals surface area (Å²) in [6.07, 6.45) is 1.78. The second-order valence-corrected chi connectivity index (χ2v) is 2.62. The summed E-state index contributed by atoms with van der Waals surface area (Å²) in [5.41, 5.74) is 1.12. The predicted octanol–water partition coefficient (Wildman–Crippen LogP) is -0.285. The van der Waals surface area contributed by atoms with Gasteiger partial charge in [0.05, 0.1) is 12.2 Å². The van der Waals surface area contributed by atoms with Crippen molar-refractivity contribution in [3.05, 3.63) is 18.0 Å². The summed E-state index contributed by atoms with van der Waals surface area (Å²) < 4.78 is 1.83. The summed E-state index contributed by atoms with van der Waals surface area (Å²) in [6, 6.07) is 1.97. The molecular weight excluding hydrogens is 166 g/mol. The van der Waals surface area contributed by atoms with Gasteiger partial charge in [0.2, 0.25) is 0 Å². The lowest BCUT2D eigenvalue weighted by Gasteiger charge is -2.07. The highest BCUT2D eigenvalue weighted by molar-refractivity contribution is 5.79. The predicted molar refractivity (Wildman–Crippen MR) is 52.5 cm³/mol. The molecule has 5 heteroatoms. The van der Waals surface area contributed by atoms with Gasteiger partial charge >= 0.3 is 0 Å². The molecule has 0 aliphatic heterocycles. The maximum absolute atomic E-state index is 4.06. The van der Waals surface area contributed by atoms with E-state index in [1.54, 1.807) is 13.2 Å². The summed E-state index contributed by atoms with van der Waals surface area (Å²) >= 11 is 0. The van der Waals surface area contributed by atoms with Crippen LogP contribution in [0, 0.1) is 0 Å². The van der Waals surface area contributed by atoms with Crippen molar-refractivity contribution in [1.82, 2.24) is 20.4 Å². The van der Waals surface area contributed by atoms with Crippen LogP contribution in [0.3, 0.4) is 0 Å². The average molecular weight is 181 g/mol. The first-order valence-electron chi connectivity index (χ1n) is 4.13. The smallest absolute Gasteiger partial charge is 0.191 e. The van der Waals surface area contributed by atoms with Crippen LogP contribution in [-0.4, -0.2) is 29.8 Å². The normalized spacial score (nSPS) is 11.5. The van der Waals surface area contributed by atoms with Crippen LogP contribution in [0.1, 0.15) is 5.69 Å². The van der Waals surface area contributed by atoms with Gasteiger partial charge in [0, 0.05) is 27.3 Å². The molecule has 0 atom stereocenters. The second-order valence-electron chi connectivity index (χ2n) is 2.62. The third-order valence-corrected chi connectivity index (χ3v) is 1.82. The minimum Gasteiger partial charge on any atom is -0.359 e. The van der Waals surface area contributed by atoms with E-state index in [0.717, 1.165) is 18.2 Å². The van der Waals surface area contributed by atoms with E-state index < -0.39 is 0 Å². The Morgan fingerprint density at radius 1 is 1.69 bits per heavy atom. The topological polar surface area (TPSA) is 54.2 Å². The largest absolute Gasteiger partial charge is 0.359 e. The lowest BCUT2D eigenvalue weighted by atomic mass is 10.4. The molecule has 1 heterocycles. The molecule has 13 heavy (non-hydrogen) atoms. The van der Waals surface area contributed by atoms with Crippen molar-refractivity contribution in [3.8, 4) is 0 Å². The molecule has 0 bridgehead atoms. The maximum atomic E-state index is 4.06. The Bertz CT molecular complexity index is 288. The van der Waals surface area contributed by atoms with Crippen LogP contribution in [0.25, 0.3) is 0 Å². The maximum Gasteiger partial charge on any atom is 0.191 e. The molecule has 5 nitrogen and oxygen atoms in total. The van der Waals surface area contributed by atoms with Gasteiger partial charge in [-0.25, -0.2) is 0 Å². The Labute approximate surface area is 77.9 Å². The first kappa shape index (κ1) is 9.57. The molecule has 72 valence electrons. The number of rotatable bonds is 2. The minimum atomic E-state index is 0.726. The summed E-state index contributed by atoms with van der Waals surface area (Å²) in [5.74, 6) is 0.779. The van der Waals surface area contributed by atoms with E-state index in [-0.39, 0.29) is 0 Å². The van der Waals surface area contributed by atoms with Gasteiger partial charge in [-0.05, 0) is 6.07 Å². The van der Waals surface area contributed by atoms with Crippen molar-refractivity contribution in [2.24, 2.45) is 12.0 Å². The highest BCUT2D eigenvalue weighted by Gasteiger charge is 1.98. The number of hydrogen-bond acceptors (Lipinski definition) is 2. The van der Waals surface area contributed by atoms with Gasteiger partial charge in [0.15, 0.2) is 5.96 Å². The van der Waals surface area contributed by atoms with Crippen LogP contribution in [0.5, 0.6) is 0 Å². The molecule has 0 radical (unpaired) electrons. The lowest BCUT2D eigenvalue weighted by molar-refractivity contribution is 0.688. The molecule has 1 rings (SSSR count). The van der Waals surface area contributed by atoms with Gasteiger partial charge in [0.25, 0.3) is 0 Å². The van der Waals surface area contributed by atoms with Crippen molar-refractivity contribution in [3.63, 3.8) is 0 Å². The summed E-state index contributed by atoms with van der Waals surface area (Å²) in [5, 5.41) is 10.1. The minimum absolute atomic E-state index is 0.726. The van der Waals surface area contributed by atoms with Crippen LogP contribution in [0.4, 0.5) is 0 Å². The first-order valence-corrected chi connectivity index (χ1v) is 4.13. The molecule has 0 aliphatic carbocycles. The lowest BCUT2D eigenvalue weighted by Crippen LogP contribution is -2.34. The van der Waals surface area contributed by atoms with Gasteiger partial charge in [-0.3, -0.25) is 9.67 Å². The average Bonchev–Trinajstić information content (AvgIpc) is 2.54. The molecule has 2 N–H and O–H groups in total. The SMILES string of the molecule is CN=C(NC)NCc1ccnn1C. The molecule has 0 unspecified atom stereocenters. The van der Waals surface area contributed by atoms with Crippen molar-refractivity contribution in [1.29, 1.82) is 0 Å². The van der Waals surface area contributed by atoms with E-state index in [1.807, 2.05) is 24.8 Å². The Morgan fingerprint density at radius 2 is 2.46 bits per heavy atom. The van der Waals surface area contributed by atoms with E-state index in [1.165, 1.54) is 0 Å². The van der Waals surface area contributed by atoms with Gasteiger partial charge in [-0.2, -0.15) is 5.10 Å². The third-order valence-electron chi connectivity index (χ3n) is 1.82. The monoisotopic (exact) mass is 181 g/mol. The number of aryl methyl sites for hydroxylation is 1.